The van der Waals surface area contributed by atoms with Crippen LogP contribution in [-0.2, 0) is 35.9 Å². The molecule has 0 aliphatic carbocycles. The molecule has 0 saturated carbocycles. The molecule has 340 valence electrons. The number of ether oxygens (including phenoxy) is 2. The van der Waals surface area contributed by atoms with Crippen molar-refractivity contribution >= 4 is 77.0 Å². The Morgan fingerprint density at radius 3 is 1.25 bits per heavy atom. The number of hydrogen-bond donors (Lipinski definition) is 4. The van der Waals surface area contributed by atoms with Gasteiger partial charge in [0.25, 0.3) is 11.8 Å². The summed E-state index contributed by atoms with van der Waals surface area (Å²) < 4.78 is 35.3. The van der Waals surface area contributed by atoms with Crippen molar-refractivity contribution in [3.05, 3.63) is 142 Å². The first-order valence-electron chi connectivity index (χ1n) is 20.8. The monoisotopic (exact) mass is 936 g/mol. The van der Waals surface area contributed by atoms with Gasteiger partial charge in [0.1, 0.15) is 11.2 Å². The van der Waals surface area contributed by atoms with Crippen LogP contribution in [0.15, 0.2) is 120 Å². The van der Waals surface area contributed by atoms with Crippen LogP contribution in [0.5, 0.6) is 0 Å². The van der Waals surface area contributed by atoms with E-state index >= 15 is 0 Å². The van der Waals surface area contributed by atoms with Gasteiger partial charge in [0.2, 0.25) is 0 Å². The lowest BCUT2D eigenvalue weighted by molar-refractivity contribution is 0.0624. The van der Waals surface area contributed by atoms with E-state index in [0.29, 0.717) is 46.7 Å². The minimum Gasteiger partial charge on any atom is -0.444 e. The summed E-state index contributed by atoms with van der Waals surface area (Å²) in [5.74, 6) is -0.738. The molecule has 0 radical (unpaired) electrons. The van der Waals surface area contributed by atoms with Gasteiger partial charge in [0, 0.05) is 27.5 Å². The Labute approximate surface area is 387 Å². The summed E-state index contributed by atoms with van der Waals surface area (Å²) in [5.41, 5.74) is 4.52. The van der Waals surface area contributed by atoms with Crippen molar-refractivity contribution in [2.75, 3.05) is 41.1 Å². The molecule has 6 rings (SSSR count). The highest BCUT2D eigenvalue weighted by molar-refractivity contribution is 7.52. The lowest BCUT2D eigenvalue weighted by atomic mass is 10.1. The molecule has 4 aromatic carbocycles. The molecule has 4 N–H and O–H groups in total. The number of carbonyl (C=O) groups is 4. The third-order valence-electron chi connectivity index (χ3n) is 9.28. The van der Waals surface area contributed by atoms with E-state index in [1.54, 1.807) is 125 Å². The molecular weight excluding hydrogens is 884 g/mol. The number of thiophene rings is 2. The van der Waals surface area contributed by atoms with Crippen LogP contribution in [0.2, 0.25) is 0 Å². The van der Waals surface area contributed by atoms with Crippen LogP contribution in [0, 0.1) is 0 Å². The number of carbonyl (C=O) groups excluding carboxylic acids is 4. The SMILES string of the molecule is CC(C)(C)OC(=O)Nc1ccc(-c2cccs2)cc1NC(=O)c1ccc(CCOP(C)(=O)OCCc2ccc(C(=O)Nc3cc(-c4cccs4)ccc3NC(=O)OC(C)(C)C)cc2)cc1. The second-order valence-electron chi connectivity index (χ2n) is 17.0. The largest absolute Gasteiger partial charge is 0.444 e. The summed E-state index contributed by atoms with van der Waals surface area (Å²) in [4.78, 5) is 54.0. The number of nitrogens with one attached hydrogen (secondary N) is 4. The van der Waals surface area contributed by atoms with E-state index in [1.807, 2.05) is 59.3 Å². The predicted molar refractivity (Wildman–Crippen MR) is 261 cm³/mol. The smallest absolute Gasteiger partial charge is 0.412 e. The molecule has 0 bridgehead atoms. The summed E-state index contributed by atoms with van der Waals surface area (Å²) in [6.45, 7) is 12.3. The molecule has 0 atom stereocenters. The highest BCUT2D eigenvalue weighted by Crippen LogP contribution is 2.44. The van der Waals surface area contributed by atoms with Gasteiger partial charge >= 0.3 is 19.8 Å². The fourth-order valence-electron chi connectivity index (χ4n) is 6.26. The molecule has 2 heterocycles. The summed E-state index contributed by atoms with van der Waals surface area (Å²) in [5, 5.41) is 15.3. The van der Waals surface area contributed by atoms with Crippen molar-refractivity contribution in [1.29, 1.82) is 0 Å². The van der Waals surface area contributed by atoms with E-state index in [2.05, 4.69) is 21.3 Å². The summed E-state index contributed by atoms with van der Waals surface area (Å²) in [7, 11) is -3.40. The minimum atomic E-state index is -3.40. The molecule has 0 aliphatic rings. The zero-order chi connectivity index (χ0) is 46.8. The van der Waals surface area contributed by atoms with E-state index < -0.39 is 31.0 Å². The van der Waals surface area contributed by atoms with E-state index in [1.165, 1.54) is 6.66 Å². The van der Waals surface area contributed by atoms with E-state index in [-0.39, 0.29) is 25.0 Å². The molecule has 0 unspecified atom stereocenters. The molecule has 16 heteroatoms. The predicted octanol–water partition coefficient (Wildman–Crippen LogP) is 13.0. The zero-order valence-corrected chi connectivity index (χ0v) is 39.8. The van der Waals surface area contributed by atoms with Gasteiger partial charge in [-0.05, 0) is 148 Å². The van der Waals surface area contributed by atoms with Crippen molar-refractivity contribution in [3.63, 3.8) is 0 Å². The highest BCUT2D eigenvalue weighted by Gasteiger charge is 2.22. The Hall–Kier alpha value is -6.09. The molecule has 4 amide bonds. The molecule has 0 saturated heterocycles. The normalized spacial score (nSPS) is 11.7. The molecule has 13 nitrogen and oxygen atoms in total. The fraction of sp³-hybridized carbons (Fsp3) is 0.265. The van der Waals surface area contributed by atoms with Gasteiger partial charge < -0.3 is 29.2 Å². The Kier molecular flexibility index (Phi) is 15.8. The Morgan fingerprint density at radius 1 is 0.523 bits per heavy atom. The van der Waals surface area contributed by atoms with Crippen LogP contribution in [0.1, 0.15) is 73.4 Å². The molecule has 0 aliphatic heterocycles. The number of hydrogen-bond acceptors (Lipinski definition) is 11. The van der Waals surface area contributed by atoms with Gasteiger partial charge in [0.05, 0.1) is 36.0 Å². The van der Waals surface area contributed by atoms with Gasteiger partial charge in [-0.3, -0.25) is 24.8 Å². The van der Waals surface area contributed by atoms with E-state index in [4.69, 9.17) is 18.5 Å². The number of amides is 4. The summed E-state index contributed by atoms with van der Waals surface area (Å²) >= 11 is 3.12. The third-order valence-corrected chi connectivity index (χ3v) is 12.4. The summed E-state index contributed by atoms with van der Waals surface area (Å²) in [6.07, 6.45) is -0.424. The Morgan fingerprint density at radius 2 is 0.908 bits per heavy atom. The zero-order valence-electron chi connectivity index (χ0n) is 37.3. The lowest BCUT2D eigenvalue weighted by Crippen LogP contribution is -2.27. The van der Waals surface area contributed by atoms with Crippen LogP contribution >= 0.6 is 30.3 Å². The van der Waals surface area contributed by atoms with Crippen LogP contribution in [0.25, 0.3) is 20.9 Å². The molecule has 0 fully saturated rings. The Bertz CT molecular complexity index is 2460. The van der Waals surface area contributed by atoms with E-state index in [0.717, 1.165) is 32.0 Å². The van der Waals surface area contributed by atoms with Crippen molar-refractivity contribution in [3.8, 4) is 20.9 Å². The average Bonchev–Trinajstić information content (AvgIpc) is 3.98. The first-order valence-corrected chi connectivity index (χ1v) is 24.6. The van der Waals surface area contributed by atoms with Gasteiger partial charge in [0.15, 0.2) is 0 Å². The van der Waals surface area contributed by atoms with Gasteiger partial charge in [-0.25, -0.2) is 9.59 Å². The maximum absolute atomic E-state index is 13.4. The van der Waals surface area contributed by atoms with Crippen LogP contribution < -0.4 is 21.3 Å². The number of benzene rings is 4. The van der Waals surface area contributed by atoms with Crippen molar-refractivity contribution in [2.24, 2.45) is 0 Å². The van der Waals surface area contributed by atoms with Crippen molar-refractivity contribution < 1.29 is 42.3 Å². The van der Waals surface area contributed by atoms with Crippen molar-refractivity contribution in [2.45, 2.75) is 65.6 Å². The summed E-state index contributed by atoms with van der Waals surface area (Å²) in [6, 6.07) is 32.6. The minimum absolute atomic E-state index is 0.129. The fourth-order valence-corrected chi connectivity index (χ4v) is 8.63. The van der Waals surface area contributed by atoms with Crippen LogP contribution in [0.3, 0.4) is 0 Å². The topological polar surface area (TPSA) is 170 Å². The lowest BCUT2D eigenvalue weighted by Gasteiger charge is -2.21. The van der Waals surface area contributed by atoms with Crippen LogP contribution in [0.4, 0.5) is 32.3 Å². The van der Waals surface area contributed by atoms with Gasteiger partial charge in [-0.2, -0.15) is 0 Å². The first kappa shape index (κ1) is 48.4. The quantitative estimate of drug-likeness (QED) is 0.0690. The van der Waals surface area contributed by atoms with E-state index in [9.17, 15) is 23.7 Å². The molecule has 2 aromatic heterocycles. The van der Waals surface area contributed by atoms with Gasteiger partial charge in [-0.1, -0.05) is 48.5 Å². The number of rotatable bonds is 16. The average molecular weight is 937 g/mol. The molecule has 65 heavy (non-hydrogen) atoms. The molecule has 0 spiro atoms. The highest BCUT2D eigenvalue weighted by atomic mass is 32.1. The maximum Gasteiger partial charge on any atom is 0.412 e. The maximum atomic E-state index is 13.4. The number of anilines is 4. The first-order chi connectivity index (χ1) is 30.8. The third kappa shape index (κ3) is 15.0. The second kappa shape index (κ2) is 21.3. The standard InChI is InChI=1S/C49H53N4O9PS2/c1-48(2,3)61-46(56)52-38-22-20-36(42-10-8-28-64-42)30-40(38)50-44(54)34-16-12-32(13-17-34)24-26-59-63(7,58)60-27-25-33-14-18-35(19-15-33)45(55)51-41-31-37(43-11-9-29-65-43)21-23-39(41)53-47(57)62-49(4,5)6/h8-23,28-31H,24-27H2,1-7H3,(H,50,54)(H,51,55)(H,52,56)(H,53,57). The van der Waals surface area contributed by atoms with Crippen LogP contribution in [-0.4, -0.2) is 55.1 Å². The Balaban J connectivity index is 0.976. The van der Waals surface area contributed by atoms with Gasteiger partial charge in [-0.15, -0.1) is 22.7 Å². The molecule has 6 aromatic rings. The molecular formula is C49H53N4O9PS2. The van der Waals surface area contributed by atoms with Crippen molar-refractivity contribution in [1.82, 2.24) is 0 Å². The second-order valence-corrected chi connectivity index (χ2v) is 20.9.